The van der Waals surface area contributed by atoms with Gasteiger partial charge in [-0.2, -0.15) is 0 Å². The van der Waals surface area contributed by atoms with Crippen molar-refractivity contribution in [3.05, 3.63) is 54.1 Å². The third kappa shape index (κ3) is 3.99. The van der Waals surface area contributed by atoms with E-state index >= 15 is 0 Å². The molecule has 1 heterocycles. The molecule has 2 aromatic rings. The third-order valence-electron chi connectivity index (χ3n) is 4.24. The summed E-state index contributed by atoms with van der Waals surface area (Å²) in [4.78, 5) is 12.8. The summed E-state index contributed by atoms with van der Waals surface area (Å²) in [6.07, 6.45) is 1.10. The van der Waals surface area contributed by atoms with Crippen LogP contribution in [0.2, 0.25) is 0 Å². The van der Waals surface area contributed by atoms with Gasteiger partial charge in [-0.1, -0.05) is 31.2 Å². The lowest BCUT2D eigenvalue weighted by Gasteiger charge is -2.27. The number of hydrogen-bond donors (Lipinski definition) is 1. The van der Waals surface area contributed by atoms with Crippen molar-refractivity contribution in [2.45, 2.75) is 30.4 Å². The zero-order valence-corrected chi connectivity index (χ0v) is 15.5. The molecule has 0 spiro atoms. The highest BCUT2D eigenvalue weighted by atomic mass is 32.2. The molecule has 0 unspecified atom stereocenters. The van der Waals surface area contributed by atoms with Crippen molar-refractivity contribution in [2.75, 3.05) is 12.9 Å². The summed E-state index contributed by atoms with van der Waals surface area (Å²) in [6, 6.07) is 13.5. The molecule has 26 heavy (non-hydrogen) atoms. The zero-order valence-electron chi connectivity index (χ0n) is 14.6. The van der Waals surface area contributed by atoms with Crippen LogP contribution in [0.5, 0.6) is 11.5 Å². The van der Waals surface area contributed by atoms with Crippen molar-refractivity contribution in [1.29, 1.82) is 0 Å². The van der Waals surface area contributed by atoms with Crippen LogP contribution in [0.25, 0.3) is 0 Å². The topological polar surface area (TPSA) is 81.7 Å². The van der Waals surface area contributed by atoms with Gasteiger partial charge in [-0.15, -0.1) is 0 Å². The standard InChI is InChI=1S/C19H21NO5S/c1-3-15(13-8-10-14(11-9-13)26(2,22)23)20-19(21)18-12-24-16-6-4-5-7-17(16)25-18/h4-11,15,18H,3,12H2,1-2H3,(H,20,21)/t15-,18+/m1/s1. The first-order chi connectivity index (χ1) is 12.4. The van der Waals surface area contributed by atoms with Crippen LogP contribution in [0, 0.1) is 0 Å². The normalized spacial score (nSPS) is 17.4. The molecule has 2 atom stereocenters. The van der Waals surface area contributed by atoms with Gasteiger partial charge in [0.25, 0.3) is 5.91 Å². The van der Waals surface area contributed by atoms with Gasteiger partial charge >= 0.3 is 0 Å². The maximum absolute atomic E-state index is 12.6. The van der Waals surface area contributed by atoms with Gasteiger partial charge in [0.15, 0.2) is 21.3 Å². The number of fused-ring (bicyclic) bond motifs is 1. The number of benzene rings is 2. The fraction of sp³-hybridized carbons (Fsp3) is 0.316. The predicted octanol–water partition coefficient (Wildman–Crippen LogP) is 2.50. The van der Waals surface area contributed by atoms with Gasteiger partial charge in [-0.05, 0) is 36.2 Å². The number of rotatable bonds is 5. The van der Waals surface area contributed by atoms with E-state index in [1.807, 2.05) is 19.1 Å². The number of para-hydroxylation sites is 2. The van der Waals surface area contributed by atoms with Crippen LogP contribution in [0.15, 0.2) is 53.4 Å². The van der Waals surface area contributed by atoms with E-state index in [9.17, 15) is 13.2 Å². The lowest BCUT2D eigenvalue weighted by molar-refractivity contribution is -0.131. The Labute approximate surface area is 153 Å². The van der Waals surface area contributed by atoms with Crippen LogP contribution in [-0.4, -0.2) is 33.3 Å². The molecule has 2 aromatic carbocycles. The third-order valence-corrected chi connectivity index (χ3v) is 5.36. The molecular formula is C19H21NO5S. The van der Waals surface area contributed by atoms with Crippen molar-refractivity contribution >= 4 is 15.7 Å². The first-order valence-electron chi connectivity index (χ1n) is 8.37. The summed E-state index contributed by atoms with van der Waals surface area (Å²) < 4.78 is 34.4. The Balaban J connectivity index is 1.69. The Hall–Kier alpha value is -2.54. The molecule has 138 valence electrons. The summed E-state index contributed by atoms with van der Waals surface area (Å²) in [6.45, 7) is 2.09. The molecule has 0 aromatic heterocycles. The van der Waals surface area contributed by atoms with Gasteiger partial charge in [0, 0.05) is 6.26 Å². The number of sulfone groups is 1. The summed E-state index contributed by atoms with van der Waals surface area (Å²) >= 11 is 0. The summed E-state index contributed by atoms with van der Waals surface area (Å²) in [5.41, 5.74) is 0.838. The van der Waals surface area contributed by atoms with Crippen molar-refractivity contribution in [1.82, 2.24) is 5.32 Å². The molecule has 3 rings (SSSR count). The van der Waals surface area contributed by atoms with Gasteiger partial charge in [0.2, 0.25) is 6.10 Å². The van der Waals surface area contributed by atoms with Crippen molar-refractivity contribution in [3.8, 4) is 11.5 Å². The highest BCUT2D eigenvalue weighted by Crippen LogP contribution is 2.31. The number of ether oxygens (including phenoxy) is 2. The maximum Gasteiger partial charge on any atom is 0.265 e. The molecule has 1 aliphatic rings. The minimum atomic E-state index is -3.24. The second-order valence-corrected chi connectivity index (χ2v) is 8.19. The Morgan fingerprint density at radius 3 is 2.42 bits per heavy atom. The minimum Gasteiger partial charge on any atom is -0.485 e. The Morgan fingerprint density at radius 2 is 1.81 bits per heavy atom. The molecule has 1 N–H and O–H groups in total. The van der Waals surface area contributed by atoms with Gasteiger partial charge < -0.3 is 14.8 Å². The quantitative estimate of drug-likeness (QED) is 0.868. The van der Waals surface area contributed by atoms with Crippen LogP contribution in [0.3, 0.4) is 0 Å². The molecule has 0 saturated heterocycles. The average Bonchev–Trinajstić information content (AvgIpc) is 2.65. The first-order valence-corrected chi connectivity index (χ1v) is 10.3. The molecule has 0 aliphatic carbocycles. The number of carbonyl (C=O) groups is 1. The molecule has 7 heteroatoms. The van der Waals surface area contributed by atoms with E-state index in [2.05, 4.69) is 5.32 Å². The van der Waals surface area contributed by atoms with Crippen molar-refractivity contribution < 1.29 is 22.7 Å². The fourth-order valence-electron chi connectivity index (χ4n) is 2.78. The monoisotopic (exact) mass is 375 g/mol. The highest BCUT2D eigenvalue weighted by Gasteiger charge is 2.28. The molecule has 0 fully saturated rings. The first kappa shape index (κ1) is 18.3. The van der Waals surface area contributed by atoms with Crippen LogP contribution >= 0.6 is 0 Å². The SMILES string of the molecule is CC[C@@H](NC(=O)[C@@H]1COc2ccccc2O1)c1ccc(S(C)(=O)=O)cc1. The molecule has 1 amide bonds. The van der Waals surface area contributed by atoms with Crippen molar-refractivity contribution in [3.63, 3.8) is 0 Å². The number of amides is 1. The van der Waals surface area contributed by atoms with Gasteiger partial charge in [0.1, 0.15) is 6.61 Å². The highest BCUT2D eigenvalue weighted by molar-refractivity contribution is 7.90. The Kier molecular flexibility index (Phi) is 5.18. The molecular weight excluding hydrogens is 354 g/mol. The summed E-state index contributed by atoms with van der Waals surface area (Å²) in [7, 11) is -3.24. The second-order valence-electron chi connectivity index (χ2n) is 6.17. The predicted molar refractivity (Wildman–Crippen MR) is 97.1 cm³/mol. The molecule has 0 radical (unpaired) electrons. The molecule has 6 nitrogen and oxygen atoms in total. The Bertz CT molecular complexity index is 892. The molecule has 1 aliphatic heterocycles. The zero-order chi connectivity index (χ0) is 18.7. The van der Waals surface area contributed by atoms with Crippen LogP contribution in [0.1, 0.15) is 24.9 Å². The maximum atomic E-state index is 12.6. The van der Waals surface area contributed by atoms with Gasteiger partial charge in [0.05, 0.1) is 10.9 Å². The lowest BCUT2D eigenvalue weighted by atomic mass is 10.0. The van der Waals surface area contributed by atoms with Gasteiger partial charge in [-0.25, -0.2) is 8.42 Å². The number of hydrogen-bond acceptors (Lipinski definition) is 5. The Morgan fingerprint density at radius 1 is 1.15 bits per heavy atom. The van der Waals surface area contributed by atoms with E-state index in [0.717, 1.165) is 5.56 Å². The molecule has 0 bridgehead atoms. The van der Waals surface area contributed by atoms with E-state index in [1.165, 1.54) is 6.26 Å². The smallest absolute Gasteiger partial charge is 0.265 e. The minimum absolute atomic E-state index is 0.145. The number of carbonyl (C=O) groups excluding carboxylic acids is 1. The summed E-state index contributed by atoms with van der Waals surface area (Å²) in [5, 5.41) is 2.95. The van der Waals surface area contributed by atoms with Crippen molar-refractivity contribution in [2.24, 2.45) is 0 Å². The van der Waals surface area contributed by atoms with Crippen LogP contribution in [0.4, 0.5) is 0 Å². The molecule has 0 saturated carbocycles. The largest absolute Gasteiger partial charge is 0.485 e. The van der Waals surface area contributed by atoms with E-state index in [-0.39, 0.29) is 23.5 Å². The van der Waals surface area contributed by atoms with E-state index in [0.29, 0.717) is 17.9 Å². The van der Waals surface area contributed by atoms with E-state index < -0.39 is 15.9 Å². The number of nitrogens with one attached hydrogen (secondary N) is 1. The van der Waals surface area contributed by atoms with E-state index in [1.54, 1.807) is 36.4 Å². The second kappa shape index (κ2) is 7.37. The van der Waals surface area contributed by atoms with E-state index in [4.69, 9.17) is 9.47 Å². The van der Waals surface area contributed by atoms with Crippen LogP contribution < -0.4 is 14.8 Å². The fourth-order valence-corrected chi connectivity index (χ4v) is 3.41. The average molecular weight is 375 g/mol. The summed E-state index contributed by atoms with van der Waals surface area (Å²) in [5.74, 6) is 0.906. The lowest BCUT2D eigenvalue weighted by Crippen LogP contribution is -2.45. The van der Waals surface area contributed by atoms with Crippen LogP contribution in [-0.2, 0) is 14.6 Å². The van der Waals surface area contributed by atoms with Gasteiger partial charge in [-0.3, -0.25) is 4.79 Å².